The third-order valence-electron chi connectivity index (χ3n) is 3.45. The van der Waals surface area contributed by atoms with Crippen molar-refractivity contribution in [1.82, 2.24) is 0 Å². The minimum atomic E-state index is -1.59. The number of aryl methyl sites for hydroxylation is 2. The average Bonchev–Trinajstić information content (AvgIpc) is 2.46. The van der Waals surface area contributed by atoms with Gasteiger partial charge in [-0.1, -0.05) is 6.07 Å². The fraction of sp³-hybridized carbons (Fsp3) is 0.400. The van der Waals surface area contributed by atoms with E-state index in [2.05, 4.69) is 9.98 Å². The van der Waals surface area contributed by atoms with Crippen LogP contribution in [0, 0.1) is 36.9 Å². The molecule has 0 saturated carbocycles. The molecule has 112 valence electrons. The molecule has 2 atom stereocenters. The van der Waals surface area contributed by atoms with Gasteiger partial charge in [0.05, 0.1) is 24.9 Å². The Bertz CT molecular complexity index is 606. The number of halogens is 1. The molecule has 0 heterocycles. The summed E-state index contributed by atoms with van der Waals surface area (Å²) in [6, 6.07) is 4.90. The smallest absolute Gasteiger partial charge is 0.126 e. The van der Waals surface area contributed by atoms with Crippen molar-refractivity contribution in [2.75, 3.05) is 6.54 Å². The molecule has 0 saturated heterocycles. The van der Waals surface area contributed by atoms with Crippen LogP contribution >= 0.6 is 0 Å². The van der Waals surface area contributed by atoms with Gasteiger partial charge in [-0.2, -0.15) is 5.26 Å². The van der Waals surface area contributed by atoms with Gasteiger partial charge in [-0.3, -0.25) is 4.99 Å². The molecule has 1 aromatic carbocycles. The van der Waals surface area contributed by atoms with Crippen molar-refractivity contribution in [2.24, 2.45) is 21.6 Å². The van der Waals surface area contributed by atoms with E-state index in [1.54, 1.807) is 26.8 Å². The lowest BCUT2D eigenvalue weighted by Crippen LogP contribution is -2.37. The normalized spacial score (nSPS) is 16.0. The molecule has 3 N–H and O–H groups in total. The third-order valence-corrected chi connectivity index (χ3v) is 3.45. The van der Waals surface area contributed by atoms with E-state index in [0.717, 1.165) is 6.34 Å². The number of aliphatic hydroxyl groups is 1. The maximum atomic E-state index is 13.8. The summed E-state index contributed by atoms with van der Waals surface area (Å²) in [5, 5.41) is 20.0. The van der Waals surface area contributed by atoms with E-state index < -0.39 is 17.3 Å². The van der Waals surface area contributed by atoms with E-state index in [-0.39, 0.29) is 6.54 Å². The van der Waals surface area contributed by atoms with Crippen LogP contribution in [0.3, 0.4) is 0 Å². The van der Waals surface area contributed by atoms with Gasteiger partial charge < -0.3 is 10.8 Å². The lowest BCUT2D eigenvalue weighted by molar-refractivity contribution is 0.0124. The Morgan fingerprint density at radius 2 is 2.14 bits per heavy atom. The van der Waals surface area contributed by atoms with Crippen LogP contribution in [-0.4, -0.2) is 24.3 Å². The van der Waals surface area contributed by atoms with Gasteiger partial charge >= 0.3 is 0 Å². The minimum Gasteiger partial charge on any atom is -0.390 e. The van der Waals surface area contributed by atoms with Gasteiger partial charge in [-0.25, -0.2) is 9.38 Å². The van der Waals surface area contributed by atoms with Gasteiger partial charge in [0.1, 0.15) is 17.8 Å². The van der Waals surface area contributed by atoms with Gasteiger partial charge in [-0.15, -0.1) is 0 Å². The van der Waals surface area contributed by atoms with Crippen LogP contribution in [0.15, 0.2) is 22.1 Å². The van der Waals surface area contributed by atoms with E-state index in [0.29, 0.717) is 16.7 Å². The Hall–Kier alpha value is -2.26. The first-order valence-electron chi connectivity index (χ1n) is 6.47. The highest BCUT2D eigenvalue weighted by Gasteiger charge is 2.37. The SMILES string of the molecule is Cc1cc(C)c([C@@](O)(CN=CN=CN)[C@@H](C)C#N)cc1F. The summed E-state index contributed by atoms with van der Waals surface area (Å²) in [5.74, 6) is -1.19. The van der Waals surface area contributed by atoms with Crippen molar-refractivity contribution in [3.05, 3.63) is 34.6 Å². The second-order valence-electron chi connectivity index (χ2n) is 4.95. The Morgan fingerprint density at radius 3 is 2.71 bits per heavy atom. The van der Waals surface area contributed by atoms with E-state index in [4.69, 9.17) is 11.0 Å². The van der Waals surface area contributed by atoms with Crippen molar-refractivity contribution in [2.45, 2.75) is 26.4 Å². The van der Waals surface area contributed by atoms with Gasteiger partial charge in [0.2, 0.25) is 0 Å². The zero-order valence-corrected chi connectivity index (χ0v) is 12.3. The number of hydrogen-bond acceptors (Lipinski definition) is 3. The average molecular weight is 290 g/mol. The van der Waals surface area contributed by atoms with Crippen molar-refractivity contribution in [3.8, 4) is 6.07 Å². The maximum absolute atomic E-state index is 13.8. The summed E-state index contributed by atoms with van der Waals surface area (Å²) in [6.45, 7) is 4.87. The Balaban J connectivity index is 3.31. The molecule has 0 aliphatic heterocycles. The molecule has 6 heteroatoms. The lowest BCUT2D eigenvalue weighted by atomic mass is 9.80. The fourth-order valence-electron chi connectivity index (χ4n) is 2.12. The Kier molecular flexibility index (Phi) is 5.56. The number of aliphatic imine (C=N–C) groups is 2. The second-order valence-corrected chi connectivity index (χ2v) is 4.95. The van der Waals surface area contributed by atoms with Crippen LogP contribution < -0.4 is 5.73 Å². The van der Waals surface area contributed by atoms with Crippen LogP contribution in [-0.2, 0) is 5.60 Å². The molecule has 0 unspecified atom stereocenters. The first-order valence-corrected chi connectivity index (χ1v) is 6.47. The number of hydrogen-bond donors (Lipinski definition) is 2. The standard InChI is InChI=1S/C15H19FN4O/c1-10-4-11(2)14(16)5-13(10)15(21,12(3)6-17)7-19-9-20-8-18/h4-5,8-9,12,21H,7H2,1-3H3,(H2,18,19,20)/t12-,15+/m0/s1. The van der Waals surface area contributed by atoms with E-state index in [1.165, 1.54) is 12.4 Å². The molecule has 0 aromatic heterocycles. The molecule has 1 rings (SSSR count). The number of rotatable bonds is 5. The molecule has 1 aromatic rings. The largest absolute Gasteiger partial charge is 0.390 e. The minimum absolute atomic E-state index is 0.109. The zero-order valence-electron chi connectivity index (χ0n) is 12.3. The number of nitriles is 1. The van der Waals surface area contributed by atoms with Crippen LogP contribution in [0.1, 0.15) is 23.6 Å². The highest BCUT2D eigenvalue weighted by Crippen LogP contribution is 2.33. The van der Waals surface area contributed by atoms with Gasteiger partial charge in [0, 0.05) is 0 Å². The summed E-state index contributed by atoms with van der Waals surface area (Å²) in [4.78, 5) is 7.55. The van der Waals surface area contributed by atoms with Gasteiger partial charge in [0.15, 0.2) is 0 Å². The zero-order chi connectivity index (χ0) is 16.0. The van der Waals surface area contributed by atoms with Crippen molar-refractivity contribution in [1.29, 1.82) is 5.26 Å². The van der Waals surface area contributed by atoms with Gasteiger partial charge in [0.25, 0.3) is 0 Å². The number of nitrogens with zero attached hydrogens (tertiary/aromatic N) is 3. The second kappa shape index (κ2) is 6.95. The highest BCUT2D eigenvalue weighted by molar-refractivity contribution is 5.69. The summed E-state index contributed by atoms with van der Waals surface area (Å²) >= 11 is 0. The van der Waals surface area contributed by atoms with E-state index >= 15 is 0 Å². The van der Waals surface area contributed by atoms with Crippen molar-refractivity contribution >= 4 is 12.7 Å². The van der Waals surface area contributed by atoms with Crippen molar-refractivity contribution in [3.63, 3.8) is 0 Å². The summed E-state index contributed by atoms with van der Waals surface area (Å²) in [5.41, 5.74) is 5.04. The Labute approximate surface area is 123 Å². The van der Waals surface area contributed by atoms with Crippen molar-refractivity contribution < 1.29 is 9.50 Å². The van der Waals surface area contributed by atoms with Gasteiger partial charge in [-0.05, 0) is 43.5 Å². The summed E-state index contributed by atoms with van der Waals surface area (Å²) in [7, 11) is 0. The first-order chi connectivity index (χ1) is 9.86. The van der Waals surface area contributed by atoms with E-state index in [9.17, 15) is 9.50 Å². The quantitative estimate of drug-likeness (QED) is 0.639. The molecule has 5 nitrogen and oxygen atoms in total. The Morgan fingerprint density at radius 1 is 1.48 bits per heavy atom. The monoisotopic (exact) mass is 290 g/mol. The predicted octanol–water partition coefficient (Wildman–Crippen LogP) is 1.81. The molecule has 21 heavy (non-hydrogen) atoms. The molecule has 0 aliphatic rings. The molecule has 0 bridgehead atoms. The first kappa shape index (κ1) is 16.8. The summed E-state index contributed by atoms with van der Waals surface area (Å²) in [6.07, 6.45) is 2.25. The molecule has 0 radical (unpaired) electrons. The van der Waals surface area contributed by atoms with Crippen LogP contribution in [0.25, 0.3) is 0 Å². The van der Waals surface area contributed by atoms with Crippen LogP contribution in [0.5, 0.6) is 0 Å². The molecule has 0 fully saturated rings. The third kappa shape index (κ3) is 3.64. The topological polar surface area (TPSA) is 94.8 Å². The fourth-order valence-corrected chi connectivity index (χ4v) is 2.12. The predicted molar refractivity (Wildman–Crippen MR) is 80.6 cm³/mol. The number of benzene rings is 1. The van der Waals surface area contributed by atoms with Crippen LogP contribution in [0.2, 0.25) is 0 Å². The molecule has 0 spiro atoms. The highest BCUT2D eigenvalue weighted by atomic mass is 19.1. The molecular formula is C15H19FN4O. The maximum Gasteiger partial charge on any atom is 0.126 e. The van der Waals surface area contributed by atoms with E-state index in [1.807, 2.05) is 6.07 Å². The molecular weight excluding hydrogens is 271 g/mol. The molecule has 0 aliphatic carbocycles. The summed E-state index contributed by atoms with van der Waals surface area (Å²) < 4.78 is 13.8. The lowest BCUT2D eigenvalue weighted by Gasteiger charge is -2.31. The number of nitrogens with two attached hydrogens (primary N) is 1. The molecule has 0 amide bonds. The van der Waals surface area contributed by atoms with Crippen LogP contribution in [0.4, 0.5) is 4.39 Å².